The van der Waals surface area contributed by atoms with Gasteiger partial charge in [0.15, 0.2) is 0 Å². The lowest BCUT2D eigenvalue weighted by Crippen LogP contribution is -2.15. The van der Waals surface area contributed by atoms with Crippen molar-refractivity contribution >= 4 is 0 Å². The van der Waals surface area contributed by atoms with Crippen LogP contribution in [0.1, 0.15) is 36.3 Å². The zero-order valence-corrected chi connectivity index (χ0v) is 11.6. The standard InChI is InChI=1S/C15H23NO3/c1-11-6-14(10-18-9-12-4-5-17-8-12)19-15(11)7-16-13-2-3-13/h6,12-13,16H,2-5,7-10H2,1H3. The van der Waals surface area contributed by atoms with Crippen molar-refractivity contribution in [1.82, 2.24) is 5.32 Å². The van der Waals surface area contributed by atoms with Crippen molar-refractivity contribution in [3.8, 4) is 0 Å². The van der Waals surface area contributed by atoms with Gasteiger partial charge in [-0.25, -0.2) is 0 Å². The predicted octanol–water partition coefficient (Wildman–Crippen LogP) is 2.39. The highest BCUT2D eigenvalue weighted by Crippen LogP contribution is 2.21. The van der Waals surface area contributed by atoms with E-state index in [1.165, 1.54) is 18.4 Å². The fourth-order valence-corrected chi connectivity index (χ4v) is 2.40. The average Bonchev–Trinajstić information content (AvgIpc) is 2.95. The van der Waals surface area contributed by atoms with Crippen molar-refractivity contribution in [2.45, 2.75) is 45.4 Å². The summed E-state index contributed by atoms with van der Waals surface area (Å²) in [5.41, 5.74) is 1.22. The Hall–Kier alpha value is -0.840. The number of furan rings is 1. The molecular weight excluding hydrogens is 242 g/mol. The Bertz CT molecular complexity index is 406. The van der Waals surface area contributed by atoms with Crippen LogP contribution < -0.4 is 5.32 Å². The molecule has 1 saturated heterocycles. The van der Waals surface area contributed by atoms with Crippen LogP contribution in [0.3, 0.4) is 0 Å². The Balaban J connectivity index is 1.43. The smallest absolute Gasteiger partial charge is 0.130 e. The summed E-state index contributed by atoms with van der Waals surface area (Å²) in [6.07, 6.45) is 3.73. The lowest BCUT2D eigenvalue weighted by Gasteiger charge is -2.07. The predicted molar refractivity (Wildman–Crippen MR) is 71.9 cm³/mol. The molecule has 4 heteroatoms. The summed E-state index contributed by atoms with van der Waals surface area (Å²) in [4.78, 5) is 0. The fraction of sp³-hybridized carbons (Fsp3) is 0.733. The van der Waals surface area contributed by atoms with E-state index in [9.17, 15) is 0 Å². The third-order valence-corrected chi connectivity index (χ3v) is 3.82. The molecule has 1 saturated carbocycles. The first-order valence-corrected chi connectivity index (χ1v) is 7.28. The molecule has 0 aromatic carbocycles. The van der Waals surface area contributed by atoms with Crippen molar-refractivity contribution in [2.75, 3.05) is 19.8 Å². The Morgan fingerprint density at radius 1 is 1.37 bits per heavy atom. The fourth-order valence-electron chi connectivity index (χ4n) is 2.40. The molecule has 0 radical (unpaired) electrons. The van der Waals surface area contributed by atoms with E-state index in [2.05, 4.69) is 18.3 Å². The normalized spacial score (nSPS) is 23.1. The lowest BCUT2D eigenvalue weighted by molar-refractivity contribution is 0.0685. The van der Waals surface area contributed by atoms with Crippen molar-refractivity contribution < 1.29 is 13.9 Å². The molecule has 2 heterocycles. The summed E-state index contributed by atoms with van der Waals surface area (Å²) in [5, 5.41) is 3.48. The van der Waals surface area contributed by atoms with E-state index >= 15 is 0 Å². The Labute approximate surface area is 114 Å². The van der Waals surface area contributed by atoms with Gasteiger partial charge in [0, 0.05) is 18.6 Å². The molecule has 19 heavy (non-hydrogen) atoms. The summed E-state index contributed by atoms with van der Waals surface area (Å²) in [6.45, 7) is 6.00. The first-order valence-electron chi connectivity index (χ1n) is 7.28. The molecule has 1 aromatic heterocycles. The van der Waals surface area contributed by atoms with Gasteiger partial charge in [0.2, 0.25) is 0 Å². The monoisotopic (exact) mass is 265 g/mol. The second kappa shape index (κ2) is 6.07. The minimum Gasteiger partial charge on any atom is -0.462 e. The SMILES string of the molecule is Cc1cc(COCC2CCOC2)oc1CNC1CC1. The molecule has 1 N–H and O–H groups in total. The number of hydrogen-bond acceptors (Lipinski definition) is 4. The summed E-state index contributed by atoms with van der Waals surface area (Å²) < 4.78 is 16.9. The molecule has 0 spiro atoms. The second-order valence-electron chi connectivity index (χ2n) is 5.72. The number of rotatable bonds is 7. The largest absolute Gasteiger partial charge is 0.462 e. The molecule has 3 rings (SSSR count). The highest BCUT2D eigenvalue weighted by atomic mass is 16.5. The van der Waals surface area contributed by atoms with Crippen molar-refractivity contribution in [3.05, 3.63) is 23.2 Å². The third kappa shape index (κ3) is 3.81. The van der Waals surface area contributed by atoms with E-state index in [1.807, 2.05) is 0 Å². The van der Waals surface area contributed by atoms with Gasteiger partial charge in [-0.3, -0.25) is 0 Å². The zero-order valence-electron chi connectivity index (χ0n) is 11.6. The molecule has 2 fully saturated rings. The minimum atomic E-state index is 0.562. The van der Waals surface area contributed by atoms with Crippen molar-refractivity contribution in [2.24, 2.45) is 5.92 Å². The first-order chi connectivity index (χ1) is 9.31. The maximum atomic E-state index is 5.84. The van der Waals surface area contributed by atoms with E-state index in [-0.39, 0.29) is 0 Å². The molecule has 1 atom stereocenters. The number of hydrogen-bond donors (Lipinski definition) is 1. The number of aryl methyl sites for hydroxylation is 1. The van der Waals surface area contributed by atoms with Crippen molar-refractivity contribution in [1.29, 1.82) is 0 Å². The topological polar surface area (TPSA) is 43.6 Å². The summed E-state index contributed by atoms with van der Waals surface area (Å²) >= 11 is 0. The van der Waals surface area contributed by atoms with Gasteiger partial charge in [0.05, 0.1) is 19.8 Å². The Morgan fingerprint density at radius 3 is 3.00 bits per heavy atom. The van der Waals surface area contributed by atoms with Gasteiger partial charge in [0.25, 0.3) is 0 Å². The van der Waals surface area contributed by atoms with Crippen LogP contribution >= 0.6 is 0 Å². The van der Waals surface area contributed by atoms with E-state index in [0.717, 1.165) is 44.3 Å². The van der Waals surface area contributed by atoms with Gasteiger partial charge in [0.1, 0.15) is 18.1 Å². The molecule has 1 aromatic rings. The number of nitrogens with one attached hydrogen (secondary N) is 1. The van der Waals surface area contributed by atoms with Crippen molar-refractivity contribution in [3.63, 3.8) is 0 Å². The molecular formula is C15H23NO3. The van der Waals surface area contributed by atoms with Gasteiger partial charge in [-0.1, -0.05) is 0 Å². The average molecular weight is 265 g/mol. The van der Waals surface area contributed by atoms with Gasteiger partial charge in [-0.05, 0) is 37.8 Å². The van der Waals surface area contributed by atoms with E-state index < -0.39 is 0 Å². The van der Waals surface area contributed by atoms with Crippen LogP contribution in [0.4, 0.5) is 0 Å². The molecule has 1 aliphatic carbocycles. The molecule has 0 bridgehead atoms. The summed E-state index contributed by atoms with van der Waals surface area (Å²) in [7, 11) is 0. The van der Waals surface area contributed by atoms with Crippen LogP contribution in [-0.4, -0.2) is 25.9 Å². The Morgan fingerprint density at radius 2 is 2.26 bits per heavy atom. The van der Waals surface area contributed by atoms with Crippen LogP contribution in [0.5, 0.6) is 0 Å². The van der Waals surface area contributed by atoms with Crippen LogP contribution in [0.15, 0.2) is 10.5 Å². The lowest BCUT2D eigenvalue weighted by atomic mass is 10.1. The van der Waals surface area contributed by atoms with Gasteiger partial charge in [-0.15, -0.1) is 0 Å². The zero-order chi connectivity index (χ0) is 13.1. The quantitative estimate of drug-likeness (QED) is 0.822. The van der Waals surface area contributed by atoms with E-state index in [4.69, 9.17) is 13.9 Å². The second-order valence-corrected chi connectivity index (χ2v) is 5.72. The van der Waals surface area contributed by atoms with Gasteiger partial charge < -0.3 is 19.2 Å². The maximum absolute atomic E-state index is 5.84. The van der Waals surface area contributed by atoms with Gasteiger partial charge in [-0.2, -0.15) is 0 Å². The van der Waals surface area contributed by atoms with Crippen LogP contribution in [-0.2, 0) is 22.6 Å². The molecule has 1 unspecified atom stereocenters. The van der Waals surface area contributed by atoms with Crippen LogP contribution in [0, 0.1) is 12.8 Å². The molecule has 4 nitrogen and oxygen atoms in total. The molecule has 2 aliphatic rings. The maximum Gasteiger partial charge on any atom is 0.130 e. The van der Waals surface area contributed by atoms with E-state index in [0.29, 0.717) is 18.6 Å². The Kier molecular flexibility index (Phi) is 4.21. The first kappa shape index (κ1) is 13.2. The third-order valence-electron chi connectivity index (χ3n) is 3.82. The minimum absolute atomic E-state index is 0.562. The van der Waals surface area contributed by atoms with Crippen LogP contribution in [0.2, 0.25) is 0 Å². The summed E-state index contributed by atoms with van der Waals surface area (Å²) in [6, 6.07) is 2.81. The molecule has 1 aliphatic heterocycles. The molecule has 0 amide bonds. The number of ether oxygens (including phenoxy) is 2. The highest BCUT2D eigenvalue weighted by molar-refractivity contribution is 5.19. The van der Waals surface area contributed by atoms with Crippen LogP contribution in [0.25, 0.3) is 0 Å². The molecule has 106 valence electrons. The van der Waals surface area contributed by atoms with E-state index in [1.54, 1.807) is 0 Å². The highest BCUT2D eigenvalue weighted by Gasteiger charge is 2.21. The van der Waals surface area contributed by atoms with Gasteiger partial charge >= 0.3 is 0 Å². The summed E-state index contributed by atoms with van der Waals surface area (Å²) in [5.74, 6) is 2.55.